The first-order valence-corrected chi connectivity index (χ1v) is 5.55. The SMILES string of the molecule is CCCCN1CCC(NC)C1(C)C. The van der Waals surface area contributed by atoms with Gasteiger partial charge in [0, 0.05) is 18.1 Å². The third-order valence-corrected chi connectivity index (χ3v) is 3.49. The van der Waals surface area contributed by atoms with Crippen LogP contribution in [0.2, 0.25) is 0 Å². The minimum Gasteiger partial charge on any atom is -0.315 e. The lowest BCUT2D eigenvalue weighted by Gasteiger charge is -2.35. The fourth-order valence-corrected chi connectivity index (χ4v) is 2.39. The summed E-state index contributed by atoms with van der Waals surface area (Å²) in [5, 5.41) is 3.42. The molecule has 0 spiro atoms. The molecular formula is C11H24N2. The van der Waals surface area contributed by atoms with Gasteiger partial charge in [0.15, 0.2) is 0 Å². The second-order valence-corrected chi connectivity index (χ2v) is 4.62. The van der Waals surface area contributed by atoms with E-state index in [0.29, 0.717) is 11.6 Å². The maximum Gasteiger partial charge on any atom is 0.0306 e. The molecule has 0 aromatic heterocycles. The first-order valence-electron chi connectivity index (χ1n) is 5.55. The van der Waals surface area contributed by atoms with Crippen molar-refractivity contribution in [1.82, 2.24) is 10.2 Å². The van der Waals surface area contributed by atoms with Crippen LogP contribution in [0.1, 0.15) is 40.0 Å². The van der Waals surface area contributed by atoms with Crippen molar-refractivity contribution in [3.8, 4) is 0 Å². The third-order valence-electron chi connectivity index (χ3n) is 3.49. The van der Waals surface area contributed by atoms with Gasteiger partial charge < -0.3 is 5.32 Å². The van der Waals surface area contributed by atoms with Crippen molar-refractivity contribution in [2.75, 3.05) is 20.1 Å². The summed E-state index contributed by atoms with van der Waals surface area (Å²) in [7, 11) is 2.08. The number of nitrogens with one attached hydrogen (secondary N) is 1. The van der Waals surface area contributed by atoms with Crippen LogP contribution in [0.15, 0.2) is 0 Å². The lowest BCUT2D eigenvalue weighted by Crippen LogP contribution is -2.50. The fraction of sp³-hybridized carbons (Fsp3) is 1.00. The number of hydrogen-bond donors (Lipinski definition) is 1. The van der Waals surface area contributed by atoms with Crippen LogP contribution in [-0.2, 0) is 0 Å². The van der Waals surface area contributed by atoms with Crippen LogP contribution >= 0.6 is 0 Å². The van der Waals surface area contributed by atoms with Gasteiger partial charge in [0.05, 0.1) is 0 Å². The van der Waals surface area contributed by atoms with Gasteiger partial charge in [-0.2, -0.15) is 0 Å². The highest BCUT2D eigenvalue weighted by atomic mass is 15.2. The van der Waals surface area contributed by atoms with Gasteiger partial charge in [-0.3, -0.25) is 4.90 Å². The molecule has 1 aliphatic rings. The van der Waals surface area contributed by atoms with E-state index in [9.17, 15) is 0 Å². The van der Waals surface area contributed by atoms with Gasteiger partial charge in [-0.05, 0) is 40.3 Å². The van der Waals surface area contributed by atoms with Crippen molar-refractivity contribution in [3.63, 3.8) is 0 Å². The molecule has 0 aliphatic carbocycles. The fourth-order valence-electron chi connectivity index (χ4n) is 2.39. The molecule has 1 N–H and O–H groups in total. The molecule has 0 radical (unpaired) electrons. The molecule has 0 aromatic carbocycles. The van der Waals surface area contributed by atoms with Crippen molar-refractivity contribution in [3.05, 3.63) is 0 Å². The van der Waals surface area contributed by atoms with E-state index in [1.807, 2.05) is 0 Å². The highest BCUT2D eigenvalue weighted by molar-refractivity contribution is 4.98. The predicted octanol–water partition coefficient (Wildman–Crippen LogP) is 1.86. The molecule has 1 fully saturated rings. The summed E-state index contributed by atoms with van der Waals surface area (Å²) in [4.78, 5) is 2.62. The van der Waals surface area contributed by atoms with Gasteiger partial charge in [-0.25, -0.2) is 0 Å². The number of likely N-dealkylation sites (N-methyl/N-ethyl adjacent to an activating group) is 1. The lowest BCUT2D eigenvalue weighted by molar-refractivity contribution is 0.152. The summed E-state index contributed by atoms with van der Waals surface area (Å²) >= 11 is 0. The summed E-state index contributed by atoms with van der Waals surface area (Å²) in [5.74, 6) is 0. The molecular weight excluding hydrogens is 160 g/mol. The third kappa shape index (κ3) is 2.23. The molecule has 1 heterocycles. The predicted molar refractivity (Wildman–Crippen MR) is 58.0 cm³/mol. The zero-order valence-electron chi connectivity index (χ0n) is 9.56. The average molecular weight is 184 g/mol. The van der Waals surface area contributed by atoms with E-state index in [1.165, 1.54) is 32.4 Å². The summed E-state index contributed by atoms with van der Waals surface area (Å²) in [6.07, 6.45) is 3.93. The van der Waals surface area contributed by atoms with Crippen molar-refractivity contribution in [1.29, 1.82) is 0 Å². The van der Waals surface area contributed by atoms with Crippen LogP contribution in [0.4, 0.5) is 0 Å². The molecule has 1 aliphatic heterocycles. The number of unbranched alkanes of at least 4 members (excludes halogenated alkanes) is 1. The van der Waals surface area contributed by atoms with Gasteiger partial charge in [-0.1, -0.05) is 13.3 Å². The second kappa shape index (κ2) is 4.43. The molecule has 0 aromatic rings. The summed E-state index contributed by atoms with van der Waals surface area (Å²) in [6, 6.07) is 0.671. The second-order valence-electron chi connectivity index (χ2n) is 4.62. The van der Waals surface area contributed by atoms with E-state index >= 15 is 0 Å². The lowest BCUT2D eigenvalue weighted by atomic mass is 9.96. The number of likely N-dealkylation sites (tertiary alicyclic amines) is 1. The van der Waals surface area contributed by atoms with Crippen LogP contribution < -0.4 is 5.32 Å². The van der Waals surface area contributed by atoms with Crippen LogP contribution in [0, 0.1) is 0 Å². The standard InChI is InChI=1S/C11H24N2/c1-5-6-8-13-9-7-10(12-4)11(13,2)3/h10,12H,5-9H2,1-4H3. The molecule has 1 rings (SSSR count). The highest BCUT2D eigenvalue weighted by Gasteiger charge is 2.39. The van der Waals surface area contributed by atoms with E-state index in [2.05, 4.69) is 38.0 Å². The van der Waals surface area contributed by atoms with E-state index < -0.39 is 0 Å². The average Bonchev–Trinajstić information content (AvgIpc) is 2.37. The Morgan fingerprint density at radius 2 is 2.15 bits per heavy atom. The van der Waals surface area contributed by atoms with E-state index in [0.717, 1.165) is 0 Å². The maximum atomic E-state index is 3.42. The summed E-state index contributed by atoms with van der Waals surface area (Å²) in [6.45, 7) is 9.51. The smallest absolute Gasteiger partial charge is 0.0306 e. The Hall–Kier alpha value is -0.0800. The van der Waals surface area contributed by atoms with E-state index in [-0.39, 0.29) is 0 Å². The summed E-state index contributed by atoms with van der Waals surface area (Å²) in [5.41, 5.74) is 0.351. The van der Waals surface area contributed by atoms with Gasteiger partial charge in [0.2, 0.25) is 0 Å². The normalized spacial score (nSPS) is 28.2. The van der Waals surface area contributed by atoms with E-state index in [1.54, 1.807) is 0 Å². The minimum atomic E-state index is 0.351. The first kappa shape index (κ1) is 11.0. The Labute approximate surface area is 82.7 Å². The highest BCUT2D eigenvalue weighted by Crippen LogP contribution is 2.28. The van der Waals surface area contributed by atoms with Crippen molar-refractivity contribution >= 4 is 0 Å². The van der Waals surface area contributed by atoms with Gasteiger partial charge in [-0.15, -0.1) is 0 Å². The van der Waals surface area contributed by atoms with Crippen LogP contribution in [-0.4, -0.2) is 36.6 Å². The molecule has 2 heteroatoms. The Kier molecular flexibility index (Phi) is 3.74. The van der Waals surface area contributed by atoms with Crippen LogP contribution in [0.3, 0.4) is 0 Å². The quantitative estimate of drug-likeness (QED) is 0.717. The molecule has 2 nitrogen and oxygen atoms in total. The van der Waals surface area contributed by atoms with Crippen LogP contribution in [0.5, 0.6) is 0 Å². The van der Waals surface area contributed by atoms with Gasteiger partial charge in [0.25, 0.3) is 0 Å². The zero-order valence-corrected chi connectivity index (χ0v) is 9.56. The van der Waals surface area contributed by atoms with Crippen molar-refractivity contribution in [2.24, 2.45) is 0 Å². The Balaban J connectivity index is 2.48. The Bertz CT molecular complexity index is 154. The molecule has 13 heavy (non-hydrogen) atoms. The van der Waals surface area contributed by atoms with Gasteiger partial charge >= 0.3 is 0 Å². The number of hydrogen-bond acceptors (Lipinski definition) is 2. The number of rotatable bonds is 4. The van der Waals surface area contributed by atoms with Crippen molar-refractivity contribution in [2.45, 2.75) is 51.6 Å². The molecule has 78 valence electrons. The van der Waals surface area contributed by atoms with Crippen molar-refractivity contribution < 1.29 is 0 Å². The monoisotopic (exact) mass is 184 g/mol. The molecule has 1 unspecified atom stereocenters. The topological polar surface area (TPSA) is 15.3 Å². The number of nitrogens with zero attached hydrogens (tertiary/aromatic N) is 1. The summed E-state index contributed by atoms with van der Waals surface area (Å²) < 4.78 is 0. The molecule has 0 saturated carbocycles. The first-order chi connectivity index (χ1) is 6.12. The zero-order chi connectivity index (χ0) is 9.90. The Morgan fingerprint density at radius 3 is 2.62 bits per heavy atom. The molecule has 0 bridgehead atoms. The van der Waals surface area contributed by atoms with Crippen LogP contribution in [0.25, 0.3) is 0 Å². The minimum absolute atomic E-state index is 0.351. The van der Waals surface area contributed by atoms with Gasteiger partial charge in [0.1, 0.15) is 0 Å². The largest absolute Gasteiger partial charge is 0.315 e. The Morgan fingerprint density at radius 1 is 1.46 bits per heavy atom. The maximum absolute atomic E-state index is 3.42. The molecule has 1 atom stereocenters. The molecule has 1 saturated heterocycles. The van der Waals surface area contributed by atoms with E-state index in [4.69, 9.17) is 0 Å². The molecule has 0 amide bonds.